The molecule has 2 heterocycles. The third-order valence-corrected chi connectivity index (χ3v) is 5.74. The van der Waals surface area contributed by atoms with Gasteiger partial charge in [0.2, 0.25) is 0 Å². The third-order valence-electron chi connectivity index (χ3n) is 5.74. The van der Waals surface area contributed by atoms with Crippen LogP contribution in [0.3, 0.4) is 0 Å². The monoisotopic (exact) mass is 484 g/mol. The standard InChI is InChI=1S/C26H36N4O5/c1-6-10-20-23-24(29(5)28-20)25(31)30(22(7-2)27-23)15-16-35-19-13-11-18(12-14-19)17-21(33-8-3)26(32)34-9-4/h11-14,21H,6-10,15-17H2,1-5H3. The first kappa shape index (κ1) is 26.4. The average Bonchev–Trinajstić information content (AvgIpc) is 3.16. The zero-order chi connectivity index (χ0) is 25.4. The van der Waals surface area contributed by atoms with Crippen molar-refractivity contribution in [2.45, 2.75) is 66.0 Å². The molecule has 0 saturated heterocycles. The maximum atomic E-state index is 13.2. The fraction of sp³-hybridized carbons (Fsp3) is 0.538. The Hall–Kier alpha value is -3.20. The van der Waals surface area contributed by atoms with Gasteiger partial charge in [-0.05, 0) is 38.0 Å². The fourth-order valence-electron chi connectivity index (χ4n) is 4.10. The summed E-state index contributed by atoms with van der Waals surface area (Å²) >= 11 is 0. The van der Waals surface area contributed by atoms with E-state index in [0.29, 0.717) is 56.0 Å². The number of rotatable bonds is 13. The van der Waals surface area contributed by atoms with Crippen molar-refractivity contribution in [1.29, 1.82) is 0 Å². The predicted octanol–water partition coefficient (Wildman–Crippen LogP) is 3.23. The summed E-state index contributed by atoms with van der Waals surface area (Å²) < 4.78 is 19.9. The fourth-order valence-corrected chi connectivity index (χ4v) is 4.10. The van der Waals surface area contributed by atoms with E-state index in [0.717, 1.165) is 29.9 Å². The van der Waals surface area contributed by atoms with E-state index in [4.69, 9.17) is 19.2 Å². The molecule has 1 aromatic carbocycles. The van der Waals surface area contributed by atoms with E-state index < -0.39 is 6.10 Å². The van der Waals surface area contributed by atoms with Crippen molar-refractivity contribution in [3.63, 3.8) is 0 Å². The quantitative estimate of drug-likeness (QED) is 0.344. The van der Waals surface area contributed by atoms with Gasteiger partial charge in [-0.1, -0.05) is 32.4 Å². The van der Waals surface area contributed by atoms with Gasteiger partial charge in [0.1, 0.15) is 23.7 Å². The highest BCUT2D eigenvalue weighted by molar-refractivity contribution is 5.77. The van der Waals surface area contributed by atoms with Gasteiger partial charge in [-0.3, -0.25) is 14.0 Å². The lowest BCUT2D eigenvalue weighted by Gasteiger charge is -2.16. The van der Waals surface area contributed by atoms with Gasteiger partial charge in [-0.2, -0.15) is 5.10 Å². The minimum atomic E-state index is -0.627. The second-order valence-corrected chi connectivity index (χ2v) is 8.25. The van der Waals surface area contributed by atoms with Gasteiger partial charge in [-0.25, -0.2) is 9.78 Å². The summed E-state index contributed by atoms with van der Waals surface area (Å²) in [6, 6.07) is 7.52. The minimum Gasteiger partial charge on any atom is -0.492 e. The number of carbonyl (C=O) groups is 1. The summed E-state index contributed by atoms with van der Waals surface area (Å²) in [6.45, 7) is 9.17. The van der Waals surface area contributed by atoms with Crippen molar-refractivity contribution in [3.05, 3.63) is 51.7 Å². The molecule has 9 nitrogen and oxygen atoms in total. The van der Waals surface area contributed by atoms with E-state index in [-0.39, 0.29) is 11.5 Å². The molecular formula is C26H36N4O5. The molecule has 3 aromatic rings. The SMILES string of the molecule is CCCc1nn(C)c2c(=O)n(CCOc3ccc(CC(OCC)C(=O)OCC)cc3)c(CC)nc12. The summed E-state index contributed by atoms with van der Waals surface area (Å²) in [5.74, 6) is 1.06. The van der Waals surface area contributed by atoms with Crippen molar-refractivity contribution in [1.82, 2.24) is 19.3 Å². The first-order valence-electron chi connectivity index (χ1n) is 12.4. The summed E-state index contributed by atoms with van der Waals surface area (Å²) in [5, 5.41) is 4.52. The molecule has 3 rings (SSSR count). The number of nitrogens with zero attached hydrogens (tertiary/aromatic N) is 4. The van der Waals surface area contributed by atoms with Crippen LogP contribution in [0, 0.1) is 0 Å². The number of fused-ring (bicyclic) bond motifs is 1. The number of hydrogen-bond donors (Lipinski definition) is 0. The van der Waals surface area contributed by atoms with E-state index in [1.165, 1.54) is 0 Å². The van der Waals surface area contributed by atoms with Gasteiger partial charge >= 0.3 is 5.97 Å². The highest BCUT2D eigenvalue weighted by Gasteiger charge is 2.21. The highest BCUT2D eigenvalue weighted by atomic mass is 16.6. The van der Waals surface area contributed by atoms with Crippen LogP contribution < -0.4 is 10.3 Å². The molecule has 0 fully saturated rings. The van der Waals surface area contributed by atoms with Crippen LogP contribution in [0.15, 0.2) is 29.1 Å². The lowest BCUT2D eigenvalue weighted by atomic mass is 10.1. The molecule has 190 valence electrons. The molecule has 1 unspecified atom stereocenters. The van der Waals surface area contributed by atoms with Gasteiger partial charge in [-0.15, -0.1) is 0 Å². The summed E-state index contributed by atoms with van der Waals surface area (Å²) in [5.41, 5.74) is 2.96. The Balaban J connectivity index is 1.68. The van der Waals surface area contributed by atoms with Crippen LogP contribution >= 0.6 is 0 Å². The maximum Gasteiger partial charge on any atom is 0.335 e. The van der Waals surface area contributed by atoms with Crippen molar-refractivity contribution in [2.75, 3.05) is 19.8 Å². The van der Waals surface area contributed by atoms with Crippen molar-refractivity contribution >= 4 is 17.0 Å². The molecule has 35 heavy (non-hydrogen) atoms. The van der Waals surface area contributed by atoms with Gasteiger partial charge < -0.3 is 14.2 Å². The molecule has 9 heteroatoms. The number of ether oxygens (including phenoxy) is 3. The van der Waals surface area contributed by atoms with Crippen LogP contribution in [0.1, 0.15) is 51.2 Å². The van der Waals surface area contributed by atoms with E-state index in [1.54, 1.807) is 23.2 Å². The molecule has 0 N–H and O–H groups in total. The Morgan fingerprint density at radius 1 is 1.09 bits per heavy atom. The molecule has 0 radical (unpaired) electrons. The first-order chi connectivity index (χ1) is 16.9. The number of esters is 1. The minimum absolute atomic E-state index is 0.0934. The van der Waals surface area contributed by atoms with E-state index in [1.807, 2.05) is 38.1 Å². The first-order valence-corrected chi connectivity index (χ1v) is 12.4. The van der Waals surface area contributed by atoms with Gasteiger partial charge in [0.25, 0.3) is 5.56 Å². The maximum absolute atomic E-state index is 13.2. The number of hydrogen-bond acceptors (Lipinski definition) is 7. The Labute approximate surface area is 206 Å². The normalized spacial score (nSPS) is 12.1. The molecule has 0 amide bonds. The third kappa shape index (κ3) is 6.28. The van der Waals surface area contributed by atoms with Crippen molar-refractivity contribution in [3.8, 4) is 5.75 Å². The van der Waals surface area contributed by atoms with E-state index in [9.17, 15) is 9.59 Å². The Morgan fingerprint density at radius 3 is 2.46 bits per heavy atom. The van der Waals surface area contributed by atoms with Gasteiger partial charge in [0.15, 0.2) is 11.6 Å². The Kier molecular flexibility index (Phi) is 9.42. The van der Waals surface area contributed by atoms with E-state index in [2.05, 4.69) is 12.0 Å². The predicted molar refractivity (Wildman–Crippen MR) is 134 cm³/mol. The number of aromatic nitrogens is 4. The topological polar surface area (TPSA) is 97.5 Å². The van der Waals surface area contributed by atoms with Crippen LogP contribution in [0.5, 0.6) is 5.75 Å². The lowest BCUT2D eigenvalue weighted by Crippen LogP contribution is -2.29. The summed E-state index contributed by atoms with van der Waals surface area (Å²) in [7, 11) is 1.79. The summed E-state index contributed by atoms with van der Waals surface area (Å²) in [4.78, 5) is 30.1. The highest BCUT2D eigenvalue weighted by Crippen LogP contribution is 2.17. The Bertz CT molecular complexity index is 1180. The zero-order valence-corrected chi connectivity index (χ0v) is 21.4. The van der Waals surface area contributed by atoms with Crippen LogP contribution in [-0.2, 0) is 47.1 Å². The van der Waals surface area contributed by atoms with Gasteiger partial charge in [0.05, 0.1) is 18.8 Å². The molecule has 0 aliphatic heterocycles. The molecule has 2 aromatic heterocycles. The lowest BCUT2D eigenvalue weighted by molar-refractivity contribution is -0.156. The van der Waals surface area contributed by atoms with Crippen molar-refractivity contribution in [2.24, 2.45) is 7.05 Å². The molecule has 0 bridgehead atoms. The van der Waals surface area contributed by atoms with Gasteiger partial charge in [0, 0.05) is 26.5 Å². The summed E-state index contributed by atoms with van der Waals surface area (Å²) in [6.07, 6.45) is 2.18. The average molecular weight is 485 g/mol. The molecule has 1 atom stereocenters. The largest absolute Gasteiger partial charge is 0.492 e. The van der Waals surface area contributed by atoms with Crippen LogP contribution in [0.25, 0.3) is 11.0 Å². The molecule has 0 aliphatic carbocycles. The van der Waals surface area contributed by atoms with Crippen LogP contribution in [-0.4, -0.2) is 51.2 Å². The van der Waals surface area contributed by atoms with E-state index >= 15 is 0 Å². The molecule has 0 aliphatic rings. The second kappa shape index (κ2) is 12.5. The molecular weight excluding hydrogens is 448 g/mol. The number of carbonyl (C=O) groups excluding carboxylic acids is 1. The molecule has 0 saturated carbocycles. The van der Waals surface area contributed by atoms with Crippen LogP contribution in [0.4, 0.5) is 0 Å². The smallest absolute Gasteiger partial charge is 0.335 e. The number of aryl methyl sites for hydroxylation is 3. The van der Waals surface area contributed by atoms with Crippen molar-refractivity contribution < 1.29 is 19.0 Å². The Morgan fingerprint density at radius 2 is 1.83 bits per heavy atom. The second-order valence-electron chi connectivity index (χ2n) is 8.25. The number of benzene rings is 1. The zero-order valence-electron chi connectivity index (χ0n) is 21.4. The van der Waals surface area contributed by atoms with Crippen LogP contribution in [0.2, 0.25) is 0 Å². The molecule has 0 spiro atoms.